The van der Waals surface area contributed by atoms with Gasteiger partial charge in [-0.05, 0) is 59.1 Å². The van der Waals surface area contributed by atoms with Gasteiger partial charge in [-0.1, -0.05) is 46.9 Å². The molecule has 0 unspecified atom stereocenters. The molecule has 0 saturated heterocycles. The van der Waals surface area contributed by atoms with Crippen LogP contribution in [0.15, 0.2) is 47.1 Å². The average molecular weight is 519 g/mol. The zero-order valence-corrected chi connectivity index (χ0v) is 17.1. The minimum atomic E-state index is -1.84. The minimum Gasteiger partial charge on any atom is -0.459 e. The lowest BCUT2D eigenvalue weighted by atomic mass is 10.3. The molecule has 3 N–H and O–H groups in total. The van der Waals surface area contributed by atoms with E-state index in [-0.39, 0.29) is 10.9 Å². The highest BCUT2D eigenvalue weighted by atomic mass is 127. The van der Waals surface area contributed by atoms with Gasteiger partial charge in [0.1, 0.15) is 6.17 Å². The molecule has 0 spiro atoms. The Kier molecular flexibility index (Phi) is 6.99. The van der Waals surface area contributed by atoms with Crippen LogP contribution in [0.4, 0.5) is 5.69 Å². The van der Waals surface area contributed by atoms with Gasteiger partial charge in [-0.3, -0.25) is 4.79 Å². The molecular formula is C14H11Cl3IN3O2S. The van der Waals surface area contributed by atoms with Gasteiger partial charge in [0.2, 0.25) is 3.79 Å². The molecule has 24 heavy (non-hydrogen) atoms. The van der Waals surface area contributed by atoms with Gasteiger partial charge in [-0.2, -0.15) is 0 Å². The maximum absolute atomic E-state index is 12.1. The number of rotatable bonds is 4. The molecule has 0 radical (unpaired) electrons. The van der Waals surface area contributed by atoms with Crippen LogP contribution >= 0.6 is 69.6 Å². The number of alkyl halides is 3. The lowest BCUT2D eigenvalue weighted by Crippen LogP contribution is -2.56. The van der Waals surface area contributed by atoms with Crippen LogP contribution in [0.25, 0.3) is 0 Å². The smallest absolute Gasteiger partial charge is 0.288 e. The van der Waals surface area contributed by atoms with Gasteiger partial charge in [-0.25, -0.2) is 0 Å². The van der Waals surface area contributed by atoms with Crippen molar-refractivity contribution in [1.29, 1.82) is 0 Å². The Morgan fingerprint density at radius 1 is 1.17 bits per heavy atom. The molecule has 1 aromatic carbocycles. The van der Waals surface area contributed by atoms with Crippen LogP contribution in [0.5, 0.6) is 0 Å². The maximum atomic E-state index is 12.1. The number of thiocarbonyl (C=S) groups is 1. The fraction of sp³-hybridized carbons (Fsp3) is 0.143. The molecule has 0 saturated carbocycles. The summed E-state index contributed by atoms with van der Waals surface area (Å²) in [6.07, 6.45) is 0.303. The summed E-state index contributed by atoms with van der Waals surface area (Å²) < 4.78 is 4.13. The minimum absolute atomic E-state index is 0.0903. The highest BCUT2D eigenvalue weighted by Gasteiger charge is 2.35. The molecule has 0 aliphatic heterocycles. The van der Waals surface area contributed by atoms with Crippen molar-refractivity contribution in [3.05, 3.63) is 52.0 Å². The summed E-state index contributed by atoms with van der Waals surface area (Å²) in [4.78, 5) is 12.1. The number of amides is 1. The fourth-order valence-electron chi connectivity index (χ4n) is 1.66. The maximum Gasteiger partial charge on any atom is 0.288 e. The second-order valence-electron chi connectivity index (χ2n) is 4.50. The Bertz CT molecular complexity index is 722. The average Bonchev–Trinajstić information content (AvgIpc) is 3.02. The van der Waals surface area contributed by atoms with Gasteiger partial charge in [0.05, 0.1) is 12.0 Å². The second-order valence-corrected chi connectivity index (χ2v) is 8.44. The Morgan fingerprint density at radius 2 is 1.88 bits per heavy atom. The van der Waals surface area contributed by atoms with E-state index in [1.54, 1.807) is 6.07 Å². The molecule has 0 bridgehead atoms. The predicted octanol–water partition coefficient (Wildman–Crippen LogP) is 4.30. The highest BCUT2D eigenvalue weighted by molar-refractivity contribution is 14.1. The van der Waals surface area contributed by atoms with Gasteiger partial charge in [-0.15, -0.1) is 0 Å². The Hall–Kier alpha value is -0.740. The van der Waals surface area contributed by atoms with Crippen molar-refractivity contribution in [3.63, 3.8) is 0 Å². The van der Waals surface area contributed by atoms with E-state index in [4.69, 9.17) is 51.4 Å². The lowest BCUT2D eigenvalue weighted by molar-refractivity contribution is 0.0906. The van der Waals surface area contributed by atoms with Gasteiger partial charge in [0, 0.05) is 3.57 Å². The summed E-state index contributed by atoms with van der Waals surface area (Å²) in [5.74, 6) is -0.451. The topological polar surface area (TPSA) is 66.3 Å². The monoisotopic (exact) mass is 517 g/mol. The van der Waals surface area contributed by atoms with Crippen LogP contribution in [0, 0.1) is 3.57 Å². The number of para-hydroxylation sites is 1. The van der Waals surface area contributed by atoms with Crippen molar-refractivity contribution >= 4 is 86.3 Å². The fourth-order valence-corrected chi connectivity index (χ4v) is 2.74. The first-order chi connectivity index (χ1) is 11.3. The summed E-state index contributed by atoms with van der Waals surface area (Å²) in [6.45, 7) is 0. The largest absolute Gasteiger partial charge is 0.459 e. The van der Waals surface area contributed by atoms with Crippen molar-refractivity contribution < 1.29 is 9.21 Å². The molecule has 1 atom stereocenters. The van der Waals surface area contributed by atoms with Crippen molar-refractivity contribution in [2.75, 3.05) is 5.32 Å². The van der Waals surface area contributed by atoms with Gasteiger partial charge >= 0.3 is 0 Å². The van der Waals surface area contributed by atoms with Gasteiger partial charge < -0.3 is 20.4 Å². The number of halogens is 4. The van der Waals surface area contributed by atoms with Crippen molar-refractivity contribution in [2.24, 2.45) is 0 Å². The molecule has 128 valence electrons. The first-order valence-electron chi connectivity index (χ1n) is 6.50. The quantitative estimate of drug-likeness (QED) is 0.244. The second kappa shape index (κ2) is 8.57. The molecule has 0 aliphatic rings. The molecule has 1 heterocycles. The summed E-state index contributed by atoms with van der Waals surface area (Å²) in [6, 6.07) is 10.6. The van der Waals surface area contributed by atoms with Crippen LogP contribution in [0.2, 0.25) is 0 Å². The molecule has 1 amide bonds. The van der Waals surface area contributed by atoms with E-state index in [9.17, 15) is 4.79 Å². The molecule has 0 fully saturated rings. The molecule has 2 rings (SSSR count). The molecular weight excluding hydrogens is 508 g/mol. The molecule has 2 aromatic rings. The molecule has 1 aromatic heterocycles. The van der Waals surface area contributed by atoms with Crippen LogP contribution < -0.4 is 16.0 Å². The van der Waals surface area contributed by atoms with E-state index in [2.05, 4.69) is 38.5 Å². The first-order valence-corrected chi connectivity index (χ1v) is 9.12. The normalized spacial score (nSPS) is 12.3. The van der Waals surface area contributed by atoms with E-state index in [0.29, 0.717) is 0 Å². The van der Waals surface area contributed by atoms with Crippen molar-refractivity contribution in [1.82, 2.24) is 10.6 Å². The van der Waals surface area contributed by atoms with Crippen LogP contribution in [-0.4, -0.2) is 21.0 Å². The number of benzene rings is 1. The Labute approximate surface area is 172 Å². The third-order valence-corrected chi connectivity index (χ3v) is 4.56. The van der Waals surface area contributed by atoms with Crippen molar-refractivity contribution in [3.8, 4) is 0 Å². The number of carbonyl (C=O) groups excluding carboxylic acids is 1. The Balaban J connectivity index is 2.05. The standard InChI is InChI=1S/C14H11Cl3IN3O2S/c15-14(16,17)12(20-11(22)10-6-3-7-23-10)21-13(24)19-9-5-2-1-4-8(9)18/h1-7,12H,(H,20,22)(H2,19,21,24)/t12-/m1/s1. The third-order valence-electron chi connectivity index (χ3n) is 2.75. The van der Waals surface area contributed by atoms with Crippen LogP contribution in [-0.2, 0) is 0 Å². The number of carbonyl (C=O) groups is 1. The van der Waals surface area contributed by atoms with E-state index < -0.39 is 15.9 Å². The number of anilines is 1. The van der Waals surface area contributed by atoms with Gasteiger partial charge in [0.25, 0.3) is 5.91 Å². The van der Waals surface area contributed by atoms with Gasteiger partial charge in [0.15, 0.2) is 10.9 Å². The molecule has 5 nitrogen and oxygen atoms in total. The summed E-state index contributed by atoms with van der Waals surface area (Å²) >= 11 is 25.1. The van der Waals surface area contributed by atoms with E-state index in [1.165, 1.54) is 12.3 Å². The summed E-state index contributed by atoms with van der Waals surface area (Å²) in [7, 11) is 0. The molecule has 10 heteroatoms. The number of nitrogens with one attached hydrogen (secondary N) is 3. The summed E-state index contributed by atoms with van der Waals surface area (Å²) in [5, 5.41) is 8.47. The third kappa shape index (κ3) is 5.66. The predicted molar refractivity (Wildman–Crippen MR) is 109 cm³/mol. The number of furan rings is 1. The number of hydrogen-bond acceptors (Lipinski definition) is 3. The molecule has 0 aliphatic carbocycles. The highest BCUT2D eigenvalue weighted by Crippen LogP contribution is 2.29. The van der Waals surface area contributed by atoms with E-state index in [1.807, 2.05) is 24.3 Å². The zero-order chi connectivity index (χ0) is 17.7. The SMILES string of the molecule is O=C(N[C@H](NC(=S)Nc1ccccc1I)C(Cl)(Cl)Cl)c1ccco1. The Morgan fingerprint density at radius 3 is 2.46 bits per heavy atom. The van der Waals surface area contributed by atoms with Crippen LogP contribution in [0.1, 0.15) is 10.6 Å². The van der Waals surface area contributed by atoms with E-state index >= 15 is 0 Å². The first kappa shape index (κ1) is 19.6. The zero-order valence-electron chi connectivity index (χ0n) is 11.9. The van der Waals surface area contributed by atoms with Crippen molar-refractivity contribution in [2.45, 2.75) is 9.96 Å². The van der Waals surface area contributed by atoms with E-state index in [0.717, 1.165) is 9.26 Å². The summed E-state index contributed by atoms with van der Waals surface area (Å²) in [5.41, 5.74) is 0.788. The number of hydrogen-bond donors (Lipinski definition) is 3. The van der Waals surface area contributed by atoms with Crippen LogP contribution in [0.3, 0.4) is 0 Å². The lowest BCUT2D eigenvalue weighted by Gasteiger charge is -2.27.